The molecule has 1 unspecified atom stereocenters. The molecule has 2 fully saturated rings. The highest BCUT2D eigenvalue weighted by atomic mass is 35.5. The Morgan fingerprint density at radius 3 is 2.65 bits per heavy atom. The van der Waals surface area contributed by atoms with Crippen LogP contribution in [0.3, 0.4) is 0 Å². The highest BCUT2D eigenvalue weighted by Crippen LogP contribution is 2.25. The van der Waals surface area contributed by atoms with E-state index in [1.54, 1.807) is 19.2 Å². The van der Waals surface area contributed by atoms with E-state index in [2.05, 4.69) is 10.2 Å². The maximum atomic E-state index is 12.6. The van der Waals surface area contributed by atoms with Gasteiger partial charge in [-0.2, -0.15) is 0 Å². The maximum Gasteiger partial charge on any atom is 0.257 e. The Balaban J connectivity index is 0.00000192. The van der Waals surface area contributed by atoms with Gasteiger partial charge in [-0.25, -0.2) is 0 Å². The number of nitrogens with zero attached hydrogens (tertiary/aromatic N) is 2. The minimum atomic E-state index is -0.124. The van der Waals surface area contributed by atoms with Crippen LogP contribution in [0.1, 0.15) is 16.8 Å². The Kier molecular flexibility index (Phi) is 6.10. The lowest BCUT2D eigenvalue weighted by Crippen LogP contribution is -2.52. The lowest BCUT2D eigenvalue weighted by molar-refractivity contribution is 0.0581. The number of phenols is 1. The van der Waals surface area contributed by atoms with Crippen molar-refractivity contribution >= 4 is 18.3 Å². The summed E-state index contributed by atoms with van der Waals surface area (Å²) >= 11 is 0. The van der Waals surface area contributed by atoms with E-state index in [4.69, 9.17) is 4.74 Å². The fourth-order valence-electron chi connectivity index (χ4n) is 3.23. The van der Waals surface area contributed by atoms with Crippen molar-refractivity contribution in [3.63, 3.8) is 0 Å². The van der Waals surface area contributed by atoms with E-state index in [1.807, 2.05) is 4.90 Å². The molecule has 0 saturated carbocycles. The molecule has 0 spiro atoms. The number of nitrogens with one attached hydrogen (secondary N) is 1. The second-order valence-electron chi connectivity index (χ2n) is 5.86. The Hall–Kier alpha value is -1.50. The van der Waals surface area contributed by atoms with Crippen LogP contribution >= 0.6 is 12.4 Å². The molecule has 0 aromatic heterocycles. The van der Waals surface area contributed by atoms with Gasteiger partial charge in [-0.1, -0.05) is 0 Å². The summed E-state index contributed by atoms with van der Waals surface area (Å²) in [6, 6.07) is 5.36. The second-order valence-corrected chi connectivity index (χ2v) is 5.86. The molecule has 3 rings (SSSR count). The Bertz CT molecular complexity index is 541. The lowest BCUT2D eigenvalue weighted by atomic mass is 10.1. The molecule has 23 heavy (non-hydrogen) atoms. The van der Waals surface area contributed by atoms with E-state index in [1.165, 1.54) is 12.5 Å². The second kappa shape index (κ2) is 7.86. The molecule has 2 aliphatic heterocycles. The van der Waals surface area contributed by atoms with E-state index >= 15 is 0 Å². The first-order valence-electron chi connectivity index (χ1n) is 7.80. The fourth-order valence-corrected chi connectivity index (χ4v) is 3.23. The largest absolute Gasteiger partial charge is 0.507 e. The Morgan fingerprint density at radius 2 is 2.04 bits per heavy atom. The molecule has 0 aliphatic carbocycles. The van der Waals surface area contributed by atoms with Crippen LogP contribution in [0.25, 0.3) is 0 Å². The van der Waals surface area contributed by atoms with Crippen LogP contribution in [0.5, 0.6) is 11.5 Å². The molecule has 6 nitrogen and oxygen atoms in total. The van der Waals surface area contributed by atoms with Crippen molar-refractivity contribution in [3.8, 4) is 11.5 Å². The standard InChI is InChI=1S/C16H23N3O3.ClH/c1-22-13-2-3-15(20)14(10-13)16(21)19-8-6-18(7-9-19)12-4-5-17-11-12;/h2-3,10,12,17,20H,4-9,11H2,1H3;1H. The number of piperazine rings is 1. The summed E-state index contributed by atoms with van der Waals surface area (Å²) in [5, 5.41) is 13.3. The van der Waals surface area contributed by atoms with Crippen molar-refractivity contribution in [2.45, 2.75) is 12.5 Å². The van der Waals surface area contributed by atoms with Gasteiger partial charge in [-0.3, -0.25) is 9.69 Å². The summed E-state index contributed by atoms with van der Waals surface area (Å²) in [5.41, 5.74) is 0.315. The monoisotopic (exact) mass is 341 g/mol. The summed E-state index contributed by atoms with van der Waals surface area (Å²) in [6.07, 6.45) is 1.19. The van der Waals surface area contributed by atoms with Crippen molar-refractivity contribution in [2.75, 3.05) is 46.4 Å². The van der Waals surface area contributed by atoms with Gasteiger partial charge >= 0.3 is 0 Å². The minimum Gasteiger partial charge on any atom is -0.507 e. The van der Waals surface area contributed by atoms with Crippen LogP contribution in [0.4, 0.5) is 0 Å². The lowest BCUT2D eigenvalue weighted by Gasteiger charge is -2.37. The molecule has 2 aliphatic rings. The summed E-state index contributed by atoms with van der Waals surface area (Å²) in [5.74, 6) is 0.464. The first-order chi connectivity index (χ1) is 10.7. The van der Waals surface area contributed by atoms with E-state index in [0.29, 0.717) is 30.4 Å². The van der Waals surface area contributed by atoms with Gasteiger partial charge in [0.15, 0.2) is 0 Å². The van der Waals surface area contributed by atoms with Crippen LogP contribution in [0.2, 0.25) is 0 Å². The van der Waals surface area contributed by atoms with Gasteiger partial charge < -0.3 is 20.1 Å². The summed E-state index contributed by atoms with van der Waals surface area (Å²) in [4.78, 5) is 16.9. The van der Waals surface area contributed by atoms with Crippen LogP contribution in [0.15, 0.2) is 18.2 Å². The molecule has 7 heteroatoms. The van der Waals surface area contributed by atoms with Crippen molar-refractivity contribution in [1.82, 2.24) is 15.1 Å². The third-order valence-corrected chi connectivity index (χ3v) is 4.59. The van der Waals surface area contributed by atoms with Crippen LogP contribution in [-0.4, -0.2) is 73.2 Å². The first kappa shape index (κ1) is 17.8. The van der Waals surface area contributed by atoms with Gasteiger partial charge in [-0.15, -0.1) is 12.4 Å². The van der Waals surface area contributed by atoms with E-state index in [9.17, 15) is 9.90 Å². The van der Waals surface area contributed by atoms with E-state index in [0.717, 1.165) is 26.2 Å². The highest BCUT2D eigenvalue weighted by molar-refractivity contribution is 5.97. The topological polar surface area (TPSA) is 65.0 Å². The number of carbonyl (C=O) groups excluding carboxylic acids is 1. The molecule has 1 aromatic carbocycles. The average molecular weight is 342 g/mol. The van der Waals surface area contributed by atoms with Gasteiger partial charge in [0.1, 0.15) is 11.5 Å². The number of carbonyl (C=O) groups is 1. The summed E-state index contributed by atoms with van der Waals surface area (Å²) < 4.78 is 5.13. The smallest absolute Gasteiger partial charge is 0.257 e. The van der Waals surface area contributed by atoms with Gasteiger partial charge in [-0.05, 0) is 31.2 Å². The van der Waals surface area contributed by atoms with Gasteiger partial charge in [0.2, 0.25) is 0 Å². The number of halogens is 1. The number of aromatic hydroxyl groups is 1. The molecular formula is C16H24ClN3O3. The SMILES string of the molecule is COc1ccc(O)c(C(=O)N2CCN(C3CCNC3)CC2)c1.Cl. The van der Waals surface area contributed by atoms with Crippen molar-refractivity contribution in [2.24, 2.45) is 0 Å². The van der Waals surface area contributed by atoms with Crippen molar-refractivity contribution < 1.29 is 14.6 Å². The van der Waals surface area contributed by atoms with Gasteiger partial charge in [0.05, 0.1) is 12.7 Å². The minimum absolute atomic E-state index is 0. The number of phenolic OH excluding ortho intramolecular Hbond substituents is 1. The molecule has 1 amide bonds. The van der Waals surface area contributed by atoms with Crippen LogP contribution < -0.4 is 10.1 Å². The Morgan fingerprint density at radius 1 is 1.30 bits per heavy atom. The molecule has 128 valence electrons. The quantitative estimate of drug-likeness (QED) is 0.856. The predicted molar refractivity (Wildman–Crippen MR) is 90.7 cm³/mol. The number of methoxy groups -OCH3 is 1. The maximum absolute atomic E-state index is 12.6. The van der Waals surface area contributed by atoms with E-state index < -0.39 is 0 Å². The average Bonchev–Trinajstić information content (AvgIpc) is 3.09. The number of amides is 1. The normalized spacial score (nSPS) is 21.8. The van der Waals surface area contributed by atoms with Crippen molar-refractivity contribution in [3.05, 3.63) is 23.8 Å². The molecule has 0 bridgehead atoms. The van der Waals surface area contributed by atoms with Crippen molar-refractivity contribution in [1.29, 1.82) is 0 Å². The van der Waals surface area contributed by atoms with E-state index in [-0.39, 0.29) is 24.1 Å². The highest BCUT2D eigenvalue weighted by Gasteiger charge is 2.29. The van der Waals surface area contributed by atoms with Gasteiger partial charge in [0, 0.05) is 38.8 Å². The zero-order chi connectivity index (χ0) is 15.5. The molecular weight excluding hydrogens is 318 g/mol. The Labute approximate surface area is 142 Å². The molecule has 2 saturated heterocycles. The fraction of sp³-hybridized carbons (Fsp3) is 0.562. The van der Waals surface area contributed by atoms with Crippen LogP contribution in [-0.2, 0) is 0 Å². The van der Waals surface area contributed by atoms with Gasteiger partial charge in [0.25, 0.3) is 5.91 Å². The third-order valence-electron chi connectivity index (χ3n) is 4.59. The summed E-state index contributed by atoms with van der Waals surface area (Å²) in [7, 11) is 1.55. The number of hydrogen-bond acceptors (Lipinski definition) is 5. The third kappa shape index (κ3) is 3.88. The summed E-state index contributed by atoms with van der Waals surface area (Å²) in [6.45, 7) is 5.32. The number of rotatable bonds is 3. The zero-order valence-electron chi connectivity index (χ0n) is 13.3. The number of ether oxygens (including phenoxy) is 1. The zero-order valence-corrected chi connectivity index (χ0v) is 14.1. The first-order valence-corrected chi connectivity index (χ1v) is 7.80. The molecule has 0 radical (unpaired) electrons. The predicted octanol–water partition coefficient (Wildman–Crippen LogP) is 0.942. The van der Waals surface area contributed by atoms with Crippen LogP contribution in [0, 0.1) is 0 Å². The molecule has 1 aromatic rings. The number of benzene rings is 1. The molecule has 1 atom stereocenters. The molecule has 2 heterocycles. The molecule has 2 N–H and O–H groups in total. The number of hydrogen-bond donors (Lipinski definition) is 2.